The van der Waals surface area contributed by atoms with Crippen LogP contribution in [0.25, 0.3) is 22.4 Å². The zero-order valence-corrected chi connectivity index (χ0v) is 21.3. The van der Waals surface area contributed by atoms with E-state index in [2.05, 4.69) is 25.0 Å². The molecule has 1 fully saturated rings. The fraction of sp³-hybridized carbons (Fsp3) is 0.385. The number of carbonyl (C=O) groups excluding carboxylic acids is 1. The Morgan fingerprint density at radius 1 is 1.11 bits per heavy atom. The highest BCUT2D eigenvalue weighted by Gasteiger charge is 2.34. The van der Waals surface area contributed by atoms with E-state index in [-0.39, 0.29) is 24.1 Å². The van der Waals surface area contributed by atoms with Crippen molar-refractivity contribution < 1.29 is 32.2 Å². The van der Waals surface area contributed by atoms with Gasteiger partial charge in [0, 0.05) is 38.7 Å². The number of methoxy groups -OCH3 is 1. The summed E-state index contributed by atoms with van der Waals surface area (Å²) in [6.45, 7) is 2.50. The van der Waals surface area contributed by atoms with Crippen molar-refractivity contribution in [2.24, 2.45) is 0 Å². The van der Waals surface area contributed by atoms with Gasteiger partial charge in [0.2, 0.25) is 18.2 Å². The second-order valence-corrected chi connectivity index (χ2v) is 8.69. The monoisotopic (exact) mass is 533 g/mol. The van der Waals surface area contributed by atoms with Crippen molar-refractivity contribution in [2.75, 3.05) is 39.8 Å². The molecule has 1 saturated heterocycles. The number of nitrogens with one attached hydrogen (secondary N) is 1. The number of hydrogen-bond acceptors (Lipinski definition) is 8. The summed E-state index contributed by atoms with van der Waals surface area (Å²) < 4.78 is 56.5. The zero-order valence-electron chi connectivity index (χ0n) is 21.3. The summed E-state index contributed by atoms with van der Waals surface area (Å²) in [5.74, 6) is -0.525. The molecule has 3 N–H and O–H groups in total. The standard InChI is InChI=1S/C24H24F3N5O3.C2H6O/c1-14-10-16(11-18(30-14)21(26)27)19-20(15-2-4-17(25)5-3-15)31-23(28)32-22(19)35-12-24(29-13-33)6-8-34-9-7-24;1-3-2/h2-5,10-11,13,21H,6-9,12H2,1H3,(H,29,33)(H2,28,31,32);1-2H3. The molecule has 4 rings (SSSR count). The minimum Gasteiger partial charge on any atom is -0.475 e. The van der Waals surface area contributed by atoms with Crippen molar-refractivity contribution in [3.8, 4) is 28.3 Å². The predicted molar refractivity (Wildman–Crippen MR) is 135 cm³/mol. The zero-order chi connectivity index (χ0) is 27.7. The largest absolute Gasteiger partial charge is 0.475 e. The van der Waals surface area contributed by atoms with Crippen molar-refractivity contribution in [3.63, 3.8) is 0 Å². The average molecular weight is 534 g/mol. The van der Waals surface area contributed by atoms with E-state index in [4.69, 9.17) is 15.2 Å². The summed E-state index contributed by atoms with van der Waals surface area (Å²) in [5.41, 5.74) is 6.62. The Morgan fingerprint density at radius 2 is 1.76 bits per heavy atom. The lowest BCUT2D eigenvalue weighted by atomic mass is 9.91. The number of alkyl halides is 2. The molecular weight excluding hydrogens is 503 g/mol. The molecule has 0 unspecified atom stereocenters. The van der Waals surface area contributed by atoms with Crippen LogP contribution in [0.4, 0.5) is 19.1 Å². The van der Waals surface area contributed by atoms with Crippen LogP contribution in [0, 0.1) is 12.7 Å². The molecule has 0 radical (unpaired) electrons. The van der Waals surface area contributed by atoms with Crippen LogP contribution in [0.3, 0.4) is 0 Å². The topological polar surface area (TPSA) is 121 Å². The van der Waals surface area contributed by atoms with Gasteiger partial charge in [-0.25, -0.2) is 18.2 Å². The molecular formula is C26H30F3N5O4. The average Bonchev–Trinajstić information content (AvgIpc) is 2.88. The van der Waals surface area contributed by atoms with Crippen LogP contribution in [0.2, 0.25) is 0 Å². The Balaban J connectivity index is 0.00000127. The molecule has 9 nitrogen and oxygen atoms in total. The van der Waals surface area contributed by atoms with Crippen molar-refractivity contribution in [2.45, 2.75) is 31.7 Å². The summed E-state index contributed by atoms with van der Waals surface area (Å²) in [6.07, 6.45) is -1.17. The number of hydrogen-bond donors (Lipinski definition) is 2. The van der Waals surface area contributed by atoms with Crippen molar-refractivity contribution in [1.82, 2.24) is 20.3 Å². The summed E-state index contributed by atoms with van der Waals surface area (Å²) in [5, 5.41) is 2.82. The quantitative estimate of drug-likeness (QED) is 0.415. The normalized spacial score (nSPS) is 14.4. The maximum absolute atomic E-state index is 13.6. The van der Waals surface area contributed by atoms with E-state index in [1.54, 1.807) is 27.2 Å². The SMILES string of the molecule is COC.Cc1cc(-c2c(OCC3(NC=O)CCOCC3)nc(N)nc2-c2ccc(F)cc2)cc(C(F)F)n1. The first-order chi connectivity index (χ1) is 18.2. The Morgan fingerprint density at radius 3 is 2.37 bits per heavy atom. The number of nitrogen functional groups attached to an aromatic ring is 1. The molecule has 1 aliphatic rings. The molecule has 12 heteroatoms. The lowest BCUT2D eigenvalue weighted by molar-refractivity contribution is -0.113. The number of nitrogens with two attached hydrogens (primary N) is 1. The maximum Gasteiger partial charge on any atom is 0.280 e. The van der Waals surface area contributed by atoms with Gasteiger partial charge in [-0.15, -0.1) is 0 Å². The molecule has 0 saturated carbocycles. The van der Waals surface area contributed by atoms with Gasteiger partial charge in [-0.3, -0.25) is 9.78 Å². The Labute approximate surface area is 218 Å². The first kappa shape index (κ1) is 28.8. The smallest absolute Gasteiger partial charge is 0.280 e. The van der Waals surface area contributed by atoms with Crippen LogP contribution in [0.1, 0.15) is 30.7 Å². The first-order valence-electron chi connectivity index (χ1n) is 11.7. The van der Waals surface area contributed by atoms with E-state index in [0.717, 1.165) is 0 Å². The van der Waals surface area contributed by atoms with E-state index in [9.17, 15) is 18.0 Å². The summed E-state index contributed by atoms with van der Waals surface area (Å²) in [6, 6.07) is 8.35. The van der Waals surface area contributed by atoms with E-state index in [1.807, 2.05) is 0 Å². The maximum atomic E-state index is 13.6. The second kappa shape index (κ2) is 13.2. The highest BCUT2D eigenvalue weighted by molar-refractivity contribution is 5.85. The predicted octanol–water partition coefficient (Wildman–Crippen LogP) is 4.11. The summed E-state index contributed by atoms with van der Waals surface area (Å²) in [4.78, 5) is 23.8. The Hall–Kier alpha value is -3.77. The van der Waals surface area contributed by atoms with E-state index in [1.165, 1.54) is 30.3 Å². The molecule has 0 spiro atoms. The number of carbonyl (C=O) groups is 1. The number of rotatable bonds is 8. The van der Waals surface area contributed by atoms with E-state index >= 15 is 0 Å². The van der Waals surface area contributed by atoms with Crippen LogP contribution in [0.5, 0.6) is 5.88 Å². The number of aromatic nitrogens is 3. The summed E-state index contributed by atoms with van der Waals surface area (Å²) in [7, 11) is 3.25. The number of ether oxygens (including phenoxy) is 3. The second-order valence-electron chi connectivity index (χ2n) is 8.69. The van der Waals surface area contributed by atoms with Gasteiger partial charge in [0.25, 0.3) is 6.43 Å². The van der Waals surface area contributed by atoms with Gasteiger partial charge < -0.3 is 25.3 Å². The third-order valence-corrected chi connectivity index (χ3v) is 5.80. The molecule has 0 bridgehead atoms. The van der Waals surface area contributed by atoms with Crippen LogP contribution < -0.4 is 15.8 Å². The first-order valence-corrected chi connectivity index (χ1v) is 11.7. The number of benzene rings is 1. The minimum atomic E-state index is -2.80. The Bertz CT molecular complexity index is 1220. The number of pyridine rings is 1. The van der Waals surface area contributed by atoms with Gasteiger partial charge >= 0.3 is 0 Å². The van der Waals surface area contributed by atoms with Gasteiger partial charge in [-0.05, 0) is 61.7 Å². The molecule has 38 heavy (non-hydrogen) atoms. The lowest BCUT2D eigenvalue weighted by Gasteiger charge is -2.36. The fourth-order valence-electron chi connectivity index (χ4n) is 4.01. The molecule has 1 aliphatic heterocycles. The van der Waals surface area contributed by atoms with E-state index in [0.29, 0.717) is 54.8 Å². The highest BCUT2D eigenvalue weighted by Crippen LogP contribution is 2.39. The molecule has 204 valence electrons. The van der Waals surface area contributed by atoms with Gasteiger partial charge in [0.1, 0.15) is 18.1 Å². The van der Waals surface area contributed by atoms with Crippen molar-refractivity contribution in [1.29, 1.82) is 0 Å². The van der Waals surface area contributed by atoms with Gasteiger partial charge in [0.15, 0.2) is 0 Å². The number of amides is 1. The molecule has 1 aromatic carbocycles. The van der Waals surface area contributed by atoms with Crippen LogP contribution in [-0.2, 0) is 14.3 Å². The van der Waals surface area contributed by atoms with Crippen LogP contribution in [-0.4, -0.2) is 60.9 Å². The number of aryl methyl sites for hydroxylation is 1. The molecule has 3 aromatic rings. The summed E-state index contributed by atoms with van der Waals surface area (Å²) >= 11 is 0. The van der Waals surface area contributed by atoms with Crippen LogP contribution in [0.15, 0.2) is 36.4 Å². The molecule has 1 amide bonds. The third-order valence-electron chi connectivity index (χ3n) is 5.80. The van der Waals surface area contributed by atoms with Crippen LogP contribution >= 0.6 is 0 Å². The minimum absolute atomic E-state index is 0.0349. The number of anilines is 1. The number of nitrogens with zero attached hydrogens (tertiary/aromatic N) is 3. The molecule has 3 heterocycles. The van der Waals surface area contributed by atoms with Crippen molar-refractivity contribution >= 4 is 12.4 Å². The van der Waals surface area contributed by atoms with Crippen molar-refractivity contribution in [3.05, 3.63) is 53.6 Å². The third kappa shape index (κ3) is 7.17. The fourth-order valence-corrected chi connectivity index (χ4v) is 4.01. The molecule has 0 aliphatic carbocycles. The number of halogens is 3. The van der Waals surface area contributed by atoms with Gasteiger partial charge in [-0.2, -0.15) is 4.98 Å². The Kier molecular flexibility index (Phi) is 9.97. The molecule has 0 atom stereocenters. The highest BCUT2D eigenvalue weighted by atomic mass is 19.3. The van der Waals surface area contributed by atoms with Gasteiger partial charge in [-0.1, -0.05) is 0 Å². The molecule has 2 aromatic heterocycles. The lowest BCUT2D eigenvalue weighted by Crippen LogP contribution is -2.53. The van der Waals surface area contributed by atoms with E-state index < -0.39 is 23.5 Å². The van der Waals surface area contributed by atoms with Gasteiger partial charge in [0.05, 0.1) is 16.8 Å².